The third kappa shape index (κ3) is 3.92. The number of aromatic nitrogens is 2. The van der Waals surface area contributed by atoms with Crippen LogP contribution in [-0.4, -0.2) is 34.3 Å². The number of aromatic amines is 1. The lowest BCUT2D eigenvalue weighted by atomic mass is 9.92. The summed E-state index contributed by atoms with van der Waals surface area (Å²) in [6, 6.07) is 6.94. The summed E-state index contributed by atoms with van der Waals surface area (Å²) in [5.41, 5.74) is 1.21. The van der Waals surface area contributed by atoms with E-state index >= 15 is 0 Å². The van der Waals surface area contributed by atoms with E-state index in [1.54, 1.807) is 30.3 Å². The molecule has 0 aliphatic heterocycles. The molecule has 7 nitrogen and oxygen atoms in total. The molecule has 0 aliphatic rings. The molecular formula is C17H21N3O4. The molecule has 24 heavy (non-hydrogen) atoms. The Morgan fingerprint density at radius 1 is 1.25 bits per heavy atom. The van der Waals surface area contributed by atoms with E-state index in [0.717, 1.165) is 5.69 Å². The first-order chi connectivity index (χ1) is 11.2. The van der Waals surface area contributed by atoms with Gasteiger partial charge in [-0.05, 0) is 23.8 Å². The number of hydrogen-bond donors (Lipinski definition) is 3. The van der Waals surface area contributed by atoms with Crippen LogP contribution in [0.15, 0.2) is 30.3 Å². The molecule has 0 saturated carbocycles. The number of carbonyl (C=O) groups excluding carboxylic acids is 1. The van der Waals surface area contributed by atoms with E-state index < -0.39 is 17.9 Å². The smallest absolute Gasteiger partial charge is 0.330 e. The minimum atomic E-state index is -1.17. The van der Waals surface area contributed by atoms with E-state index in [4.69, 9.17) is 4.74 Å². The molecule has 128 valence electrons. The Morgan fingerprint density at radius 3 is 2.33 bits per heavy atom. The fraction of sp³-hybridized carbons (Fsp3) is 0.353. The van der Waals surface area contributed by atoms with Crippen LogP contribution < -0.4 is 10.1 Å². The van der Waals surface area contributed by atoms with Crippen molar-refractivity contribution in [1.82, 2.24) is 15.5 Å². The summed E-state index contributed by atoms with van der Waals surface area (Å²) in [5, 5.41) is 18.7. The summed E-state index contributed by atoms with van der Waals surface area (Å²) in [6.07, 6.45) is 0. The number of benzene rings is 1. The van der Waals surface area contributed by atoms with E-state index in [9.17, 15) is 14.7 Å². The Labute approximate surface area is 140 Å². The predicted molar refractivity (Wildman–Crippen MR) is 88.1 cm³/mol. The zero-order valence-corrected chi connectivity index (χ0v) is 14.1. The van der Waals surface area contributed by atoms with Gasteiger partial charge in [0.15, 0.2) is 6.04 Å². The number of H-pyrrole nitrogens is 1. The normalized spacial score (nSPS) is 12.5. The first-order valence-corrected chi connectivity index (χ1v) is 7.46. The van der Waals surface area contributed by atoms with Crippen LogP contribution in [0.4, 0.5) is 0 Å². The molecule has 1 aromatic carbocycles. The molecular weight excluding hydrogens is 310 g/mol. The maximum absolute atomic E-state index is 12.3. The van der Waals surface area contributed by atoms with E-state index in [-0.39, 0.29) is 11.1 Å². The molecule has 0 saturated heterocycles. The van der Waals surface area contributed by atoms with Gasteiger partial charge in [0.1, 0.15) is 11.4 Å². The van der Waals surface area contributed by atoms with Gasteiger partial charge >= 0.3 is 5.97 Å². The van der Waals surface area contributed by atoms with Crippen molar-refractivity contribution in [2.45, 2.75) is 32.2 Å². The average Bonchev–Trinajstić information content (AvgIpc) is 3.02. The van der Waals surface area contributed by atoms with Crippen LogP contribution in [0.2, 0.25) is 0 Å². The van der Waals surface area contributed by atoms with E-state index in [1.165, 1.54) is 7.11 Å². The number of nitrogens with one attached hydrogen (secondary N) is 2. The molecule has 3 N–H and O–H groups in total. The van der Waals surface area contributed by atoms with Gasteiger partial charge in [-0.2, -0.15) is 5.10 Å². The van der Waals surface area contributed by atoms with Crippen LogP contribution >= 0.6 is 0 Å². The predicted octanol–water partition coefficient (Wildman–Crippen LogP) is 2.27. The molecule has 7 heteroatoms. The maximum Gasteiger partial charge on any atom is 0.330 e. The molecule has 0 spiro atoms. The Kier molecular flexibility index (Phi) is 4.92. The van der Waals surface area contributed by atoms with Gasteiger partial charge < -0.3 is 15.2 Å². The number of aliphatic carboxylic acids is 1. The SMILES string of the molecule is COc1ccc(C(NC(=O)c2cc(C(C)(C)C)[nH]n2)C(=O)O)cc1. The first-order valence-electron chi connectivity index (χ1n) is 7.46. The van der Waals surface area contributed by atoms with Gasteiger partial charge in [0, 0.05) is 11.1 Å². The third-order valence-corrected chi connectivity index (χ3v) is 3.59. The lowest BCUT2D eigenvalue weighted by Gasteiger charge is -2.15. The molecule has 1 unspecified atom stereocenters. The number of methoxy groups -OCH3 is 1. The molecule has 0 fully saturated rings. The highest BCUT2D eigenvalue weighted by molar-refractivity contribution is 5.95. The molecule has 1 amide bonds. The molecule has 0 aliphatic carbocycles. The molecule has 2 aromatic rings. The van der Waals surface area contributed by atoms with Crippen LogP contribution in [-0.2, 0) is 10.2 Å². The highest BCUT2D eigenvalue weighted by Crippen LogP contribution is 2.21. The van der Waals surface area contributed by atoms with Crippen molar-refractivity contribution >= 4 is 11.9 Å². The van der Waals surface area contributed by atoms with Crippen LogP contribution in [0.25, 0.3) is 0 Å². The monoisotopic (exact) mass is 331 g/mol. The number of carboxylic acids is 1. The largest absolute Gasteiger partial charge is 0.497 e. The second-order valence-corrected chi connectivity index (χ2v) is 6.43. The highest BCUT2D eigenvalue weighted by Gasteiger charge is 2.25. The summed E-state index contributed by atoms with van der Waals surface area (Å²) in [6.45, 7) is 5.96. The third-order valence-electron chi connectivity index (χ3n) is 3.59. The molecule has 1 heterocycles. The highest BCUT2D eigenvalue weighted by atomic mass is 16.5. The molecule has 1 aromatic heterocycles. The zero-order chi connectivity index (χ0) is 17.9. The summed E-state index contributed by atoms with van der Waals surface area (Å²) < 4.78 is 5.05. The second-order valence-electron chi connectivity index (χ2n) is 6.43. The summed E-state index contributed by atoms with van der Waals surface area (Å²) >= 11 is 0. The number of nitrogens with zero attached hydrogens (tertiary/aromatic N) is 1. The van der Waals surface area contributed by atoms with Gasteiger partial charge in [-0.15, -0.1) is 0 Å². The zero-order valence-electron chi connectivity index (χ0n) is 14.1. The fourth-order valence-corrected chi connectivity index (χ4v) is 2.11. The minimum Gasteiger partial charge on any atom is -0.497 e. The van der Waals surface area contributed by atoms with Gasteiger partial charge in [-0.25, -0.2) is 4.79 Å². The summed E-state index contributed by atoms with van der Waals surface area (Å²) in [5.74, 6) is -1.10. The number of carbonyl (C=O) groups is 2. The van der Waals surface area contributed by atoms with Crippen molar-refractivity contribution in [2.75, 3.05) is 7.11 Å². The van der Waals surface area contributed by atoms with Gasteiger partial charge in [0.05, 0.1) is 7.11 Å². The van der Waals surface area contributed by atoms with Gasteiger partial charge in [-0.1, -0.05) is 32.9 Å². The maximum atomic E-state index is 12.3. The van der Waals surface area contributed by atoms with Gasteiger partial charge in [0.2, 0.25) is 0 Å². The number of hydrogen-bond acceptors (Lipinski definition) is 4. The summed E-state index contributed by atoms with van der Waals surface area (Å²) in [7, 11) is 1.52. The van der Waals surface area contributed by atoms with Crippen molar-refractivity contribution in [2.24, 2.45) is 0 Å². The first kappa shape index (κ1) is 17.5. The molecule has 1 atom stereocenters. The van der Waals surface area contributed by atoms with Crippen molar-refractivity contribution in [1.29, 1.82) is 0 Å². The Hall–Kier alpha value is -2.83. The number of amides is 1. The minimum absolute atomic E-state index is 0.152. The van der Waals surface area contributed by atoms with E-state index in [1.807, 2.05) is 20.8 Å². The van der Waals surface area contributed by atoms with E-state index in [0.29, 0.717) is 11.3 Å². The van der Waals surface area contributed by atoms with E-state index in [2.05, 4.69) is 15.5 Å². The Morgan fingerprint density at radius 2 is 1.88 bits per heavy atom. The molecule has 0 radical (unpaired) electrons. The quantitative estimate of drug-likeness (QED) is 0.779. The topological polar surface area (TPSA) is 104 Å². The van der Waals surface area contributed by atoms with Crippen LogP contribution in [0, 0.1) is 0 Å². The second kappa shape index (κ2) is 6.74. The Bertz CT molecular complexity index is 729. The number of rotatable bonds is 5. The van der Waals surface area contributed by atoms with Gasteiger partial charge in [0.25, 0.3) is 5.91 Å². The Balaban J connectivity index is 2.19. The molecule has 2 rings (SSSR count). The lowest BCUT2D eigenvalue weighted by Crippen LogP contribution is -2.34. The van der Waals surface area contributed by atoms with Crippen LogP contribution in [0.1, 0.15) is 48.6 Å². The fourth-order valence-electron chi connectivity index (χ4n) is 2.11. The van der Waals surface area contributed by atoms with Crippen molar-refractivity contribution < 1.29 is 19.4 Å². The lowest BCUT2D eigenvalue weighted by molar-refractivity contribution is -0.139. The number of ether oxygens (including phenoxy) is 1. The summed E-state index contributed by atoms with van der Waals surface area (Å²) in [4.78, 5) is 23.8. The van der Waals surface area contributed by atoms with Gasteiger partial charge in [-0.3, -0.25) is 9.89 Å². The van der Waals surface area contributed by atoms with Crippen LogP contribution in [0.3, 0.4) is 0 Å². The van der Waals surface area contributed by atoms with Crippen molar-refractivity contribution in [3.63, 3.8) is 0 Å². The van der Waals surface area contributed by atoms with Crippen molar-refractivity contribution in [3.8, 4) is 5.75 Å². The number of carboxylic acid groups (broad SMARTS) is 1. The molecule has 0 bridgehead atoms. The average molecular weight is 331 g/mol. The van der Waals surface area contributed by atoms with Crippen LogP contribution in [0.5, 0.6) is 5.75 Å². The standard InChI is InChI=1S/C17H21N3O4/c1-17(2,3)13-9-12(19-20-13)15(21)18-14(16(22)23)10-5-7-11(24-4)8-6-10/h5-9,14H,1-4H3,(H,18,21)(H,19,20)(H,22,23). The van der Waals surface area contributed by atoms with Crippen molar-refractivity contribution in [3.05, 3.63) is 47.3 Å².